The molecular formula is C25H22Br2Si. The number of alkyl halides is 1. The van der Waals surface area contributed by atoms with E-state index >= 15 is 0 Å². The summed E-state index contributed by atoms with van der Waals surface area (Å²) in [6, 6.07) is 31.8. The van der Waals surface area contributed by atoms with Crippen molar-refractivity contribution in [2.75, 3.05) is 0 Å². The number of halogens is 2. The number of hydrogen-bond donors (Lipinski definition) is 0. The Labute approximate surface area is 185 Å². The van der Waals surface area contributed by atoms with E-state index in [9.17, 15) is 0 Å². The third-order valence-corrected chi connectivity index (χ3v) is 13.3. The molecule has 2 aliphatic carbocycles. The molecule has 0 aromatic heterocycles. The van der Waals surface area contributed by atoms with Gasteiger partial charge in [-0.25, -0.2) is 0 Å². The lowest BCUT2D eigenvalue weighted by atomic mass is 10.1. The molecule has 0 heterocycles. The van der Waals surface area contributed by atoms with Crippen LogP contribution in [0.5, 0.6) is 0 Å². The molecule has 0 bridgehead atoms. The van der Waals surface area contributed by atoms with Gasteiger partial charge in [0.05, 0.1) is 0 Å². The highest BCUT2D eigenvalue weighted by Gasteiger charge is 2.63. The van der Waals surface area contributed by atoms with E-state index in [1.807, 2.05) is 0 Å². The zero-order valence-electron chi connectivity index (χ0n) is 15.5. The second kappa shape index (κ2) is 7.44. The van der Waals surface area contributed by atoms with E-state index < -0.39 is 8.07 Å². The zero-order valence-corrected chi connectivity index (χ0v) is 19.7. The van der Waals surface area contributed by atoms with Crippen LogP contribution in [0.4, 0.5) is 0 Å². The van der Waals surface area contributed by atoms with Crippen LogP contribution in [-0.2, 0) is 0 Å². The number of allylic oxidation sites excluding steroid dienone is 2. The van der Waals surface area contributed by atoms with Gasteiger partial charge in [-0.15, -0.1) is 0 Å². The fourth-order valence-corrected chi connectivity index (χ4v) is 12.3. The van der Waals surface area contributed by atoms with E-state index in [-0.39, 0.29) is 0 Å². The molecule has 0 nitrogen and oxygen atoms in total. The molecule has 1 fully saturated rings. The molecule has 3 aromatic carbocycles. The summed E-state index contributed by atoms with van der Waals surface area (Å²) in [5.41, 5.74) is 0.706. The third kappa shape index (κ3) is 2.99. The van der Waals surface area contributed by atoms with Crippen LogP contribution in [0, 0.1) is 11.8 Å². The zero-order chi connectivity index (χ0) is 19.1. The van der Waals surface area contributed by atoms with Gasteiger partial charge in [0.2, 0.25) is 0 Å². The normalized spacial score (nSPS) is 25.9. The Morgan fingerprint density at radius 1 is 0.679 bits per heavy atom. The number of fused-ring (bicyclic) bond motifs is 1. The maximum Gasteiger partial charge on any atom is 0.152 e. The first-order valence-corrected chi connectivity index (χ1v) is 13.7. The van der Waals surface area contributed by atoms with Crippen molar-refractivity contribution in [1.29, 1.82) is 0 Å². The third-order valence-electron chi connectivity index (χ3n) is 6.53. The summed E-state index contributed by atoms with van der Waals surface area (Å²) in [7, 11) is -2.16. The summed E-state index contributed by atoms with van der Waals surface area (Å²) in [5, 5.41) is 4.58. The molecule has 0 aliphatic heterocycles. The predicted octanol–water partition coefficient (Wildman–Crippen LogP) is 5.26. The average molecular weight is 510 g/mol. The number of benzene rings is 3. The molecule has 5 rings (SSSR count). The van der Waals surface area contributed by atoms with E-state index in [1.54, 1.807) is 0 Å². The van der Waals surface area contributed by atoms with Crippen LogP contribution in [0.2, 0.25) is 5.54 Å². The van der Waals surface area contributed by atoms with Crippen molar-refractivity contribution in [1.82, 2.24) is 0 Å². The molecule has 0 spiro atoms. The van der Waals surface area contributed by atoms with Gasteiger partial charge in [0, 0.05) is 9.30 Å². The SMILES string of the molecule is Brc1ccc([Si](c2ccccc2)(c2ccccc2)C2C3C=CC(Br)CC32)cc1. The lowest BCUT2D eigenvalue weighted by molar-refractivity contribution is 0.697. The van der Waals surface area contributed by atoms with E-state index in [2.05, 4.69) is 129 Å². The average Bonchev–Trinajstić information content (AvgIpc) is 3.45. The van der Waals surface area contributed by atoms with Crippen LogP contribution in [0.15, 0.2) is 102 Å². The van der Waals surface area contributed by atoms with Gasteiger partial charge in [-0.1, -0.05) is 117 Å². The second-order valence-corrected chi connectivity index (χ2v) is 14.1. The van der Waals surface area contributed by atoms with Crippen molar-refractivity contribution in [3.05, 3.63) is 102 Å². The number of hydrogen-bond acceptors (Lipinski definition) is 0. The van der Waals surface area contributed by atoms with Crippen molar-refractivity contribution < 1.29 is 0 Å². The monoisotopic (exact) mass is 508 g/mol. The molecule has 140 valence electrons. The summed E-state index contributed by atoms with van der Waals surface area (Å²) in [4.78, 5) is 0.516. The quantitative estimate of drug-likeness (QED) is 0.195. The highest BCUT2D eigenvalue weighted by atomic mass is 79.9. The smallest absolute Gasteiger partial charge is 0.0845 e. The van der Waals surface area contributed by atoms with Crippen LogP contribution in [0.25, 0.3) is 0 Å². The molecule has 0 amide bonds. The number of rotatable bonds is 4. The molecule has 2 aliphatic rings. The fourth-order valence-electron chi connectivity index (χ4n) is 5.36. The van der Waals surface area contributed by atoms with Gasteiger partial charge in [-0.2, -0.15) is 0 Å². The molecule has 0 N–H and O–H groups in total. The molecule has 3 heteroatoms. The van der Waals surface area contributed by atoms with Gasteiger partial charge in [0.25, 0.3) is 0 Å². The summed E-state index contributed by atoms with van der Waals surface area (Å²) < 4.78 is 1.15. The fraction of sp³-hybridized carbons (Fsp3) is 0.200. The van der Waals surface area contributed by atoms with Gasteiger partial charge < -0.3 is 0 Å². The van der Waals surface area contributed by atoms with E-state index in [4.69, 9.17) is 0 Å². The van der Waals surface area contributed by atoms with Crippen molar-refractivity contribution in [2.24, 2.45) is 11.8 Å². The predicted molar refractivity (Wildman–Crippen MR) is 129 cm³/mol. The Morgan fingerprint density at radius 3 is 1.75 bits per heavy atom. The van der Waals surface area contributed by atoms with Gasteiger partial charge in [-0.3, -0.25) is 0 Å². The molecule has 4 unspecified atom stereocenters. The van der Waals surface area contributed by atoms with Crippen LogP contribution in [-0.4, -0.2) is 12.9 Å². The molecule has 3 aromatic rings. The first kappa shape index (κ1) is 18.6. The molecular weight excluding hydrogens is 488 g/mol. The van der Waals surface area contributed by atoms with Crippen molar-refractivity contribution in [3.63, 3.8) is 0 Å². The molecule has 4 atom stereocenters. The maximum absolute atomic E-state index is 3.85. The molecule has 0 radical (unpaired) electrons. The molecule has 0 saturated heterocycles. The summed E-state index contributed by atoms with van der Waals surface area (Å²) >= 11 is 7.49. The molecule has 28 heavy (non-hydrogen) atoms. The van der Waals surface area contributed by atoms with Gasteiger partial charge >= 0.3 is 0 Å². The van der Waals surface area contributed by atoms with E-state index in [1.165, 1.54) is 22.0 Å². The Kier molecular flexibility index (Phi) is 4.94. The van der Waals surface area contributed by atoms with Crippen molar-refractivity contribution in [2.45, 2.75) is 16.8 Å². The standard InChI is InChI=1S/C25H22Br2Si/c26-18-11-14-22(15-12-18)28(20-7-3-1-4-8-20,21-9-5-2-6-10-21)25-23-16-13-19(27)17-24(23)25/h1-16,19,23-25H,17H2. The van der Waals surface area contributed by atoms with Gasteiger partial charge in [0.1, 0.15) is 0 Å². The highest BCUT2D eigenvalue weighted by Crippen LogP contribution is 2.62. The minimum Gasteiger partial charge on any atom is -0.0845 e. The van der Waals surface area contributed by atoms with Crippen molar-refractivity contribution >= 4 is 55.5 Å². The Balaban J connectivity index is 1.78. The summed E-state index contributed by atoms with van der Waals surface area (Å²) in [5.74, 6) is 1.47. The second-order valence-electron chi connectivity index (χ2n) is 7.95. The summed E-state index contributed by atoms with van der Waals surface area (Å²) in [6.45, 7) is 0. The minimum atomic E-state index is -2.16. The first-order valence-electron chi connectivity index (χ1n) is 9.91. The van der Waals surface area contributed by atoms with Crippen LogP contribution in [0.1, 0.15) is 6.42 Å². The molecule has 1 saturated carbocycles. The van der Waals surface area contributed by atoms with Crippen LogP contribution >= 0.6 is 31.9 Å². The maximum atomic E-state index is 3.85. The summed E-state index contributed by atoms with van der Waals surface area (Å²) in [6.07, 6.45) is 6.11. The van der Waals surface area contributed by atoms with Crippen molar-refractivity contribution in [3.8, 4) is 0 Å². The first-order chi connectivity index (χ1) is 13.7. The highest BCUT2D eigenvalue weighted by molar-refractivity contribution is 9.10. The van der Waals surface area contributed by atoms with E-state index in [0.717, 1.165) is 10.4 Å². The van der Waals surface area contributed by atoms with Gasteiger partial charge in [-0.05, 0) is 51.5 Å². The van der Waals surface area contributed by atoms with E-state index in [0.29, 0.717) is 16.3 Å². The van der Waals surface area contributed by atoms with Crippen LogP contribution in [0.3, 0.4) is 0 Å². The topological polar surface area (TPSA) is 0 Å². The Bertz CT molecular complexity index is 943. The van der Waals surface area contributed by atoms with Gasteiger partial charge in [0.15, 0.2) is 8.07 Å². The lowest BCUT2D eigenvalue weighted by Crippen LogP contribution is -2.68. The Morgan fingerprint density at radius 2 is 1.21 bits per heavy atom. The Hall–Kier alpha value is -1.42. The van der Waals surface area contributed by atoms with Crippen LogP contribution < -0.4 is 15.6 Å². The lowest BCUT2D eigenvalue weighted by Gasteiger charge is -2.35. The minimum absolute atomic E-state index is 0.516. The largest absolute Gasteiger partial charge is 0.152 e.